The lowest BCUT2D eigenvalue weighted by molar-refractivity contribution is 0.549. The third-order valence-corrected chi connectivity index (χ3v) is 5.74. The van der Waals surface area contributed by atoms with E-state index in [4.69, 9.17) is 0 Å². The number of rotatable bonds is 5. The summed E-state index contributed by atoms with van der Waals surface area (Å²) in [7, 11) is -3.44. The molecule has 2 atom stereocenters. The number of nitrogens with zero attached hydrogens (tertiary/aromatic N) is 1. The fourth-order valence-electron chi connectivity index (χ4n) is 2.25. The standard InChI is InChI=1S/C11H19N3O2S2/c1-3-17-10-5-4-9(6-10)14-18(15,16)11-7-12-8(2)13-11/h7,9-10,14H,3-6H2,1-2H3,(H,12,13). The van der Waals surface area contributed by atoms with Crippen LogP contribution in [0.15, 0.2) is 11.2 Å². The number of H-pyrrole nitrogens is 1. The highest BCUT2D eigenvalue weighted by molar-refractivity contribution is 7.99. The van der Waals surface area contributed by atoms with Gasteiger partial charge >= 0.3 is 0 Å². The quantitative estimate of drug-likeness (QED) is 0.864. The van der Waals surface area contributed by atoms with Gasteiger partial charge in [0.2, 0.25) is 0 Å². The van der Waals surface area contributed by atoms with Crippen LogP contribution >= 0.6 is 11.8 Å². The van der Waals surface area contributed by atoms with Gasteiger partial charge in [0.25, 0.3) is 10.0 Å². The maximum absolute atomic E-state index is 12.1. The van der Waals surface area contributed by atoms with E-state index in [2.05, 4.69) is 21.6 Å². The molecule has 1 aliphatic rings. The minimum absolute atomic E-state index is 0.0580. The van der Waals surface area contributed by atoms with Gasteiger partial charge in [0, 0.05) is 11.3 Å². The van der Waals surface area contributed by atoms with Crippen molar-refractivity contribution in [2.75, 3.05) is 5.75 Å². The predicted molar refractivity (Wildman–Crippen MR) is 73.2 cm³/mol. The zero-order chi connectivity index (χ0) is 13.2. The van der Waals surface area contributed by atoms with Gasteiger partial charge in [-0.25, -0.2) is 18.1 Å². The first-order valence-electron chi connectivity index (χ1n) is 6.17. The molecule has 7 heteroatoms. The Morgan fingerprint density at radius 2 is 2.33 bits per heavy atom. The molecule has 1 heterocycles. The lowest BCUT2D eigenvalue weighted by Crippen LogP contribution is -2.33. The fraction of sp³-hybridized carbons (Fsp3) is 0.727. The summed E-state index contributed by atoms with van der Waals surface area (Å²) in [4.78, 5) is 6.68. The van der Waals surface area contributed by atoms with Gasteiger partial charge in [0.1, 0.15) is 5.82 Å². The van der Waals surface area contributed by atoms with Crippen LogP contribution in [0.4, 0.5) is 0 Å². The predicted octanol–water partition coefficient (Wildman–Crippen LogP) is 1.67. The van der Waals surface area contributed by atoms with Gasteiger partial charge in [-0.1, -0.05) is 6.92 Å². The molecule has 2 unspecified atom stereocenters. The molecule has 1 fully saturated rings. The van der Waals surface area contributed by atoms with Gasteiger partial charge < -0.3 is 4.98 Å². The Balaban J connectivity index is 1.98. The fourth-order valence-corrected chi connectivity index (χ4v) is 4.65. The molecule has 18 heavy (non-hydrogen) atoms. The Kier molecular flexibility index (Phi) is 4.34. The number of thioether (sulfide) groups is 1. The number of sulfonamides is 1. The monoisotopic (exact) mass is 289 g/mol. The van der Waals surface area contributed by atoms with Crippen LogP contribution in [-0.2, 0) is 10.0 Å². The highest BCUT2D eigenvalue weighted by Gasteiger charge is 2.29. The van der Waals surface area contributed by atoms with Crippen LogP contribution in [0.5, 0.6) is 0 Å². The van der Waals surface area contributed by atoms with Crippen molar-refractivity contribution < 1.29 is 8.42 Å². The third kappa shape index (κ3) is 3.27. The summed E-state index contributed by atoms with van der Waals surface area (Å²) in [5, 5.41) is 0.748. The minimum atomic E-state index is -3.44. The summed E-state index contributed by atoms with van der Waals surface area (Å²) in [6, 6.07) is 0.0580. The molecule has 0 bridgehead atoms. The summed E-state index contributed by atoms with van der Waals surface area (Å²) < 4.78 is 26.9. The summed E-state index contributed by atoms with van der Waals surface area (Å²) in [6.07, 6.45) is 4.30. The number of aromatic nitrogens is 2. The van der Waals surface area contributed by atoms with E-state index < -0.39 is 10.0 Å². The van der Waals surface area contributed by atoms with Crippen LogP contribution in [0, 0.1) is 6.92 Å². The van der Waals surface area contributed by atoms with Crippen molar-refractivity contribution >= 4 is 21.8 Å². The number of hydrogen-bond acceptors (Lipinski definition) is 4. The molecule has 2 rings (SSSR count). The summed E-state index contributed by atoms with van der Waals surface area (Å²) in [6.45, 7) is 3.87. The van der Waals surface area contributed by atoms with E-state index >= 15 is 0 Å². The maximum Gasteiger partial charge on any atom is 0.257 e. The lowest BCUT2D eigenvalue weighted by Gasteiger charge is -2.12. The van der Waals surface area contributed by atoms with Crippen molar-refractivity contribution in [2.45, 2.75) is 49.4 Å². The van der Waals surface area contributed by atoms with E-state index in [0.29, 0.717) is 11.1 Å². The van der Waals surface area contributed by atoms with Crippen molar-refractivity contribution in [3.8, 4) is 0 Å². The molecule has 1 aromatic heterocycles. The van der Waals surface area contributed by atoms with Crippen molar-refractivity contribution in [3.63, 3.8) is 0 Å². The topological polar surface area (TPSA) is 74.8 Å². The molecule has 0 spiro atoms. The van der Waals surface area contributed by atoms with Crippen molar-refractivity contribution in [3.05, 3.63) is 12.0 Å². The number of aryl methyl sites for hydroxylation is 1. The number of hydrogen-bond donors (Lipinski definition) is 2. The van der Waals surface area contributed by atoms with Gasteiger partial charge in [-0.3, -0.25) is 0 Å². The lowest BCUT2D eigenvalue weighted by atomic mass is 10.3. The van der Waals surface area contributed by atoms with E-state index in [1.54, 1.807) is 6.92 Å². The first-order valence-corrected chi connectivity index (χ1v) is 8.70. The zero-order valence-corrected chi connectivity index (χ0v) is 12.3. The van der Waals surface area contributed by atoms with Gasteiger partial charge in [0.15, 0.2) is 5.03 Å². The first-order chi connectivity index (χ1) is 8.51. The second kappa shape index (κ2) is 5.63. The Morgan fingerprint density at radius 3 is 2.94 bits per heavy atom. The molecular weight excluding hydrogens is 270 g/mol. The Morgan fingerprint density at radius 1 is 1.56 bits per heavy atom. The Bertz CT molecular complexity index is 498. The molecule has 0 aliphatic heterocycles. The number of aromatic amines is 1. The highest BCUT2D eigenvalue weighted by atomic mass is 32.2. The highest BCUT2D eigenvalue weighted by Crippen LogP contribution is 2.30. The third-order valence-electron chi connectivity index (χ3n) is 3.08. The Hall–Kier alpha value is -0.530. The van der Waals surface area contributed by atoms with E-state index in [1.165, 1.54) is 6.20 Å². The number of imidazole rings is 1. The molecule has 2 N–H and O–H groups in total. The van der Waals surface area contributed by atoms with Crippen LogP contribution < -0.4 is 4.72 Å². The average Bonchev–Trinajstić information content (AvgIpc) is 2.88. The molecule has 1 aliphatic carbocycles. The Labute approximate surface area is 112 Å². The van der Waals surface area contributed by atoms with E-state index in [1.807, 2.05) is 11.8 Å². The summed E-state index contributed by atoms with van der Waals surface area (Å²) in [5.74, 6) is 1.70. The molecular formula is C11H19N3O2S2. The van der Waals surface area contributed by atoms with Crippen LogP contribution in [-0.4, -0.2) is 35.4 Å². The zero-order valence-electron chi connectivity index (χ0n) is 10.6. The average molecular weight is 289 g/mol. The van der Waals surface area contributed by atoms with Crippen LogP contribution in [0.25, 0.3) is 0 Å². The van der Waals surface area contributed by atoms with Gasteiger partial charge in [-0.2, -0.15) is 11.8 Å². The summed E-state index contributed by atoms with van der Waals surface area (Å²) in [5.41, 5.74) is 0. The SMILES string of the molecule is CCSC1CCC(NS(=O)(=O)c2cnc(C)[nH]2)C1. The van der Waals surface area contributed by atoms with Crippen molar-refractivity contribution in [1.29, 1.82) is 0 Å². The maximum atomic E-state index is 12.1. The van der Waals surface area contributed by atoms with Crippen LogP contribution in [0.3, 0.4) is 0 Å². The molecule has 1 aromatic rings. The van der Waals surface area contributed by atoms with Gasteiger partial charge in [0.05, 0.1) is 6.20 Å². The normalized spacial score (nSPS) is 24.6. The second-order valence-electron chi connectivity index (χ2n) is 4.54. The molecule has 0 amide bonds. The smallest absolute Gasteiger partial charge is 0.257 e. The molecule has 5 nitrogen and oxygen atoms in total. The van der Waals surface area contributed by atoms with Crippen molar-refractivity contribution in [1.82, 2.24) is 14.7 Å². The van der Waals surface area contributed by atoms with E-state index in [0.717, 1.165) is 25.0 Å². The number of nitrogens with one attached hydrogen (secondary N) is 2. The van der Waals surface area contributed by atoms with Crippen LogP contribution in [0.2, 0.25) is 0 Å². The van der Waals surface area contributed by atoms with E-state index in [-0.39, 0.29) is 11.1 Å². The largest absolute Gasteiger partial charge is 0.332 e. The second-order valence-corrected chi connectivity index (χ2v) is 7.80. The van der Waals surface area contributed by atoms with Gasteiger partial charge in [-0.15, -0.1) is 0 Å². The summed E-state index contributed by atoms with van der Waals surface area (Å²) >= 11 is 1.91. The molecule has 0 aromatic carbocycles. The van der Waals surface area contributed by atoms with E-state index in [9.17, 15) is 8.42 Å². The van der Waals surface area contributed by atoms with Crippen molar-refractivity contribution in [2.24, 2.45) is 0 Å². The minimum Gasteiger partial charge on any atom is -0.332 e. The van der Waals surface area contributed by atoms with Crippen LogP contribution in [0.1, 0.15) is 32.0 Å². The molecule has 1 saturated carbocycles. The molecule has 102 valence electrons. The molecule has 0 saturated heterocycles. The van der Waals surface area contributed by atoms with Gasteiger partial charge in [-0.05, 0) is 31.9 Å². The first kappa shape index (κ1) is 13.9. The molecule has 0 radical (unpaired) electrons.